The molecule has 0 fully saturated rings. The summed E-state index contributed by atoms with van der Waals surface area (Å²) < 4.78 is 43.3. The average Bonchev–Trinajstić information content (AvgIpc) is 2.72. The number of H-pyrrole nitrogens is 1. The van der Waals surface area contributed by atoms with Gasteiger partial charge in [0.2, 0.25) is 11.8 Å². The van der Waals surface area contributed by atoms with Crippen molar-refractivity contribution in [2.75, 3.05) is 0 Å². The van der Waals surface area contributed by atoms with Gasteiger partial charge in [-0.3, -0.25) is 9.59 Å². The minimum atomic E-state index is -3.01. The highest BCUT2D eigenvalue weighted by atomic mass is 19.3. The summed E-state index contributed by atoms with van der Waals surface area (Å²) in [5.41, 5.74) is 5.49. The molecule has 10 heteroatoms. The Morgan fingerprint density at radius 1 is 1.22 bits per heavy atom. The number of nitrogens with one attached hydrogen (secondary N) is 1. The molecule has 3 rings (SSSR count). The van der Waals surface area contributed by atoms with Gasteiger partial charge in [0.15, 0.2) is 0 Å². The first-order valence-corrected chi connectivity index (χ1v) is 9.66. The number of carbonyl (C=O) groups excluding carboxylic acids is 1. The minimum Gasteiger partial charge on any atom is -0.417 e. The van der Waals surface area contributed by atoms with Gasteiger partial charge in [0, 0.05) is 29.3 Å². The van der Waals surface area contributed by atoms with Crippen LogP contribution in [0.2, 0.25) is 0 Å². The molecular weight excluding hydrogens is 425 g/mol. The number of nitrogens with zero attached hydrogens (tertiary/aromatic N) is 2. The summed E-state index contributed by atoms with van der Waals surface area (Å²) in [5.74, 6) is -1.32. The fourth-order valence-electron chi connectivity index (χ4n) is 2.92. The zero-order valence-corrected chi connectivity index (χ0v) is 17.4. The lowest BCUT2D eigenvalue weighted by molar-refractivity contribution is -0.126. The van der Waals surface area contributed by atoms with Crippen molar-refractivity contribution in [3.05, 3.63) is 64.3 Å². The van der Waals surface area contributed by atoms with Crippen LogP contribution in [0.1, 0.15) is 25.8 Å². The number of alkyl halides is 2. The fraction of sp³-hybridized carbons (Fsp3) is 0.273. The number of rotatable bonds is 8. The lowest BCUT2D eigenvalue weighted by Crippen LogP contribution is -2.31. The maximum Gasteiger partial charge on any atom is 0.388 e. The average molecular weight is 446 g/mol. The van der Waals surface area contributed by atoms with E-state index in [0.29, 0.717) is 18.4 Å². The SMILES string of the molecule is CC(C)(CCc1ccc(F)c(-c2nc(-c3ccc(OC(F)F)nc3)cc(=O)[nH]2)c1)C(N)=O. The number of primary amides is 1. The van der Waals surface area contributed by atoms with E-state index in [1.165, 1.54) is 30.5 Å². The molecule has 1 amide bonds. The molecule has 0 spiro atoms. The third-order valence-corrected chi connectivity index (χ3v) is 4.98. The van der Waals surface area contributed by atoms with Gasteiger partial charge in [-0.15, -0.1) is 0 Å². The quantitative estimate of drug-likeness (QED) is 0.548. The van der Waals surface area contributed by atoms with Crippen molar-refractivity contribution in [2.24, 2.45) is 11.1 Å². The zero-order chi connectivity index (χ0) is 23.5. The number of hydrogen-bond donors (Lipinski definition) is 2. The van der Waals surface area contributed by atoms with E-state index in [9.17, 15) is 22.8 Å². The smallest absolute Gasteiger partial charge is 0.388 e. The normalized spacial score (nSPS) is 11.6. The Hall–Kier alpha value is -3.69. The van der Waals surface area contributed by atoms with Gasteiger partial charge in [-0.1, -0.05) is 19.9 Å². The van der Waals surface area contributed by atoms with Crippen LogP contribution >= 0.6 is 0 Å². The van der Waals surface area contributed by atoms with Crippen molar-refractivity contribution in [1.29, 1.82) is 0 Å². The van der Waals surface area contributed by atoms with E-state index in [0.717, 1.165) is 5.56 Å². The fourth-order valence-corrected chi connectivity index (χ4v) is 2.92. The second-order valence-electron chi connectivity index (χ2n) is 7.81. The van der Waals surface area contributed by atoms with Crippen LogP contribution in [0.15, 0.2) is 47.4 Å². The molecule has 0 bridgehead atoms. The number of amides is 1. The number of aromatic amines is 1. The Morgan fingerprint density at radius 2 is 1.97 bits per heavy atom. The molecule has 0 aliphatic carbocycles. The Labute approximate surface area is 181 Å². The van der Waals surface area contributed by atoms with Crippen LogP contribution in [0.3, 0.4) is 0 Å². The topological polar surface area (TPSA) is 111 Å². The standard InChI is InChI=1S/C22H21F3N4O3/c1-22(2,20(26)31)8-7-12-3-5-15(23)14(9-12)19-28-16(10-17(30)29-19)13-4-6-18(27-11-13)32-21(24)25/h3-6,9-11,21H,7-8H2,1-2H3,(H2,26,31)(H,28,29,30). The van der Waals surface area contributed by atoms with E-state index in [1.807, 2.05) is 0 Å². The number of pyridine rings is 1. The van der Waals surface area contributed by atoms with Crippen LogP contribution in [0.25, 0.3) is 22.6 Å². The molecule has 0 aliphatic rings. The van der Waals surface area contributed by atoms with E-state index >= 15 is 0 Å². The van der Waals surface area contributed by atoms with Crippen molar-refractivity contribution in [3.8, 4) is 28.5 Å². The molecule has 2 aromatic heterocycles. The van der Waals surface area contributed by atoms with Gasteiger partial charge in [-0.05, 0) is 36.6 Å². The summed E-state index contributed by atoms with van der Waals surface area (Å²) in [6.45, 7) is 0.448. The molecule has 0 saturated heterocycles. The van der Waals surface area contributed by atoms with Crippen LogP contribution in [-0.2, 0) is 11.2 Å². The molecular formula is C22H21F3N4O3. The number of hydrogen-bond acceptors (Lipinski definition) is 5. The van der Waals surface area contributed by atoms with E-state index in [2.05, 4.69) is 19.7 Å². The van der Waals surface area contributed by atoms with E-state index < -0.39 is 29.3 Å². The summed E-state index contributed by atoms with van der Waals surface area (Å²) in [7, 11) is 0. The highest BCUT2D eigenvalue weighted by Gasteiger charge is 2.24. The lowest BCUT2D eigenvalue weighted by Gasteiger charge is -2.20. The maximum absolute atomic E-state index is 14.6. The summed E-state index contributed by atoms with van der Waals surface area (Å²) in [6, 6.07) is 8.20. The molecule has 168 valence electrons. The van der Waals surface area contributed by atoms with Crippen LogP contribution in [0, 0.1) is 11.2 Å². The molecule has 7 nitrogen and oxygen atoms in total. The molecule has 0 unspecified atom stereocenters. The van der Waals surface area contributed by atoms with Gasteiger partial charge in [0.25, 0.3) is 5.56 Å². The second kappa shape index (κ2) is 9.21. The second-order valence-corrected chi connectivity index (χ2v) is 7.81. The van der Waals surface area contributed by atoms with Gasteiger partial charge in [0.05, 0.1) is 11.3 Å². The van der Waals surface area contributed by atoms with Crippen molar-refractivity contribution < 1.29 is 22.7 Å². The van der Waals surface area contributed by atoms with Gasteiger partial charge in [-0.25, -0.2) is 14.4 Å². The number of ether oxygens (including phenoxy) is 1. The highest BCUT2D eigenvalue weighted by molar-refractivity contribution is 5.79. The third kappa shape index (κ3) is 5.51. The number of halogens is 3. The van der Waals surface area contributed by atoms with Gasteiger partial charge in [-0.2, -0.15) is 8.78 Å². The number of aryl methyl sites for hydroxylation is 1. The summed E-state index contributed by atoms with van der Waals surface area (Å²) in [6.07, 6.45) is 2.14. The lowest BCUT2D eigenvalue weighted by atomic mass is 9.85. The Morgan fingerprint density at radius 3 is 2.59 bits per heavy atom. The molecule has 32 heavy (non-hydrogen) atoms. The Bertz CT molecular complexity index is 1180. The van der Waals surface area contributed by atoms with Crippen molar-refractivity contribution in [1.82, 2.24) is 15.0 Å². The first-order chi connectivity index (χ1) is 15.0. The molecule has 0 atom stereocenters. The maximum atomic E-state index is 14.6. The first kappa shape index (κ1) is 23.0. The molecule has 2 heterocycles. The predicted octanol–water partition coefficient (Wildman–Crippen LogP) is 3.68. The zero-order valence-electron chi connectivity index (χ0n) is 17.4. The largest absolute Gasteiger partial charge is 0.417 e. The first-order valence-electron chi connectivity index (χ1n) is 9.66. The summed E-state index contributed by atoms with van der Waals surface area (Å²) in [4.78, 5) is 34.3. The Kier molecular flexibility index (Phi) is 6.61. The van der Waals surface area contributed by atoms with E-state index in [4.69, 9.17) is 5.73 Å². The summed E-state index contributed by atoms with van der Waals surface area (Å²) >= 11 is 0. The monoisotopic (exact) mass is 446 g/mol. The van der Waals surface area contributed by atoms with E-state index in [1.54, 1.807) is 26.0 Å². The van der Waals surface area contributed by atoms with Crippen LogP contribution in [0.5, 0.6) is 5.88 Å². The number of nitrogens with two attached hydrogens (primary N) is 1. The number of benzene rings is 1. The van der Waals surface area contributed by atoms with Gasteiger partial charge in [0.1, 0.15) is 11.6 Å². The van der Waals surface area contributed by atoms with Crippen molar-refractivity contribution in [3.63, 3.8) is 0 Å². The Balaban J connectivity index is 1.92. The molecule has 3 aromatic rings. The number of aromatic nitrogens is 3. The molecule has 0 radical (unpaired) electrons. The van der Waals surface area contributed by atoms with Crippen molar-refractivity contribution in [2.45, 2.75) is 33.3 Å². The predicted molar refractivity (Wildman–Crippen MR) is 111 cm³/mol. The van der Waals surface area contributed by atoms with Crippen LogP contribution in [0.4, 0.5) is 13.2 Å². The third-order valence-electron chi connectivity index (χ3n) is 4.98. The van der Waals surface area contributed by atoms with Gasteiger partial charge >= 0.3 is 6.61 Å². The highest BCUT2D eigenvalue weighted by Crippen LogP contribution is 2.27. The van der Waals surface area contributed by atoms with Gasteiger partial charge < -0.3 is 15.5 Å². The van der Waals surface area contributed by atoms with Crippen LogP contribution in [-0.4, -0.2) is 27.5 Å². The number of carbonyl (C=O) groups is 1. The minimum absolute atomic E-state index is 0.00563. The van der Waals surface area contributed by atoms with Crippen LogP contribution < -0.4 is 16.0 Å². The molecule has 0 aliphatic heterocycles. The van der Waals surface area contributed by atoms with E-state index in [-0.39, 0.29) is 23.0 Å². The van der Waals surface area contributed by atoms with Crippen molar-refractivity contribution >= 4 is 5.91 Å². The molecule has 0 saturated carbocycles. The molecule has 1 aromatic carbocycles. The summed E-state index contributed by atoms with van der Waals surface area (Å²) in [5, 5.41) is 0. The molecule has 3 N–H and O–H groups in total.